The molecule has 0 aliphatic heterocycles. The summed E-state index contributed by atoms with van der Waals surface area (Å²) in [7, 11) is 1.14. The molecule has 2 atom stereocenters. The first-order chi connectivity index (χ1) is 44.0. The van der Waals surface area contributed by atoms with Crippen LogP contribution < -0.4 is 4.89 Å². The maximum Gasteiger partial charge on any atom is 0.306 e. The first-order valence-electron chi connectivity index (χ1n) is 36.2. The van der Waals surface area contributed by atoms with E-state index in [2.05, 4.69) is 172 Å². The second kappa shape index (κ2) is 69.0. The highest BCUT2D eigenvalue weighted by molar-refractivity contribution is 7.45. The predicted octanol–water partition coefficient (Wildman–Crippen LogP) is 23.3. The molecule has 0 saturated carbocycles. The Hall–Kier alpha value is -4.37. The Labute approximate surface area is 554 Å². The Balaban J connectivity index is 4.12. The van der Waals surface area contributed by atoms with Gasteiger partial charge < -0.3 is 27.9 Å². The number of nitrogens with zero attached hydrogens (tertiary/aromatic N) is 1. The Morgan fingerprint density at radius 2 is 0.633 bits per heavy atom. The standard InChI is InChI=1S/C80H134NO8P/c1-6-8-10-12-14-16-18-20-22-24-26-28-30-32-33-34-35-36-37-38-39-40-41-42-43-44-45-46-47-49-51-53-55-57-59-61-63-65-67-69-71-73-80(83)89-78(77-88-90(84,85)87-75-74-81(3,4)5)76-86-79(82)72-70-68-66-64-62-60-58-56-54-52-50-48-31-29-27-25-23-21-19-17-15-13-11-9-7-2/h8,10,14,16,19-22,25-28,32-33,35-36,38-39,41-42,44-45,47,49,53,55,78H,6-7,9,11-13,15,17-18,23-24,29-31,34,37,40,43,46,48,50-52,54,56-77H2,1-5H3/b10-8-,16-14-,21-19-,22-20-,27-25-,28-26-,33-32-,36-35-,39-38-,42-41-,45-44-,49-47-,55-53-. The quantitative estimate of drug-likeness (QED) is 0.0195. The van der Waals surface area contributed by atoms with Crippen LogP contribution in [0, 0.1) is 0 Å². The van der Waals surface area contributed by atoms with Crippen LogP contribution in [-0.2, 0) is 32.7 Å². The molecule has 0 rings (SSSR count). The minimum atomic E-state index is -4.66. The van der Waals surface area contributed by atoms with Crippen molar-refractivity contribution in [2.45, 2.75) is 290 Å². The number of hydrogen-bond acceptors (Lipinski definition) is 8. The van der Waals surface area contributed by atoms with Crippen LogP contribution in [0.3, 0.4) is 0 Å². The van der Waals surface area contributed by atoms with Crippen molar-refractivity contribution < 1.29 is 42.1 Å². The molecule has 0 bridgehead atoms. The van der Waals surface area contributed by atoms with Crippen molar-refractivity contribution in [1.82, 2.24) is 0 Å². The number of carbonyl (C=O) groups excluding carboxylic acids is 2. The average molecular weight is 1270 g/mol. The lowest BCUT2D eigenvalue weighted by molar-refractivity contribution is -0.870. The highest BCUT2D eigenvalue weighted by atomic mass is 31.2. The molecule has 10 heteroatoms. The molecule has 2 unspecified atom stereocenters. The molecule has 0 fully saturated rings. The van der Waals surface area contributed by atoms with Gasteiger partial charge in [-0.2, -0.15) is 0 Å². The van der Waals surface area contributed by atoms with Crippen molar-refractivity contribution in [2.24, 2.45) is 0 Å². The Morgan fingerprint density at radius 1 is 0.356 bits per heavy atom. The van der Waals surface area contributed by atoms with Crippen LogP contribution in [0.15, 0.2) is 158 Å². The van der Waals surface area contributed by atoms with Gasteiger partial charge in [-0.25, -0.2) is 0 Å². The zero-order valence-corrected chi connectivity index (χ0v) is 59.2. The van der Waals surface area contributed by atoms with Gasteiger partial charge in [0.1, 0.15) is 19.8 Å². The topological polar surface area (TPSA) is 111 Å². The zero-order chi connectivity index (χ0) is 65.5. The summed E-state index contributed by atoms with van der Waals surface area (Å²) in [5.41, 5.74) is 0. The van der Waals surface area contributed by atoms with E-state index < -0.39 is 26.5 Å². The monoisotopic (exact) mass is 1270 g/mol. The number of carbonyl (C=O) groups is 2. The summed E-state index contributed by atoms with van der Waals surface area (Å²) in [6.45, 7) is 4.11. The fourth-order valence-electron chi connectivity index (χ4n) is 9.52. The van der Waals surface area contributed by atoms with Crippen LogP contribution in [0.25, 0.3) is 0 Å². The molecule has 0 aliphatic rings. The number of rotatable bonds is 65. The predicted molar refractivity (Wildman–Crippen MR) is 387 cm³/mol. The van der Waals surface area contributed by atoms with Crippen LogP contribution in [0.5, 0.6) is 0 Å². The molecular formula is C80H134NO8P. The molecule has 0 amide bonds. The number of likely N-dealkylation sites (N-methyl/N-ethyl adjacent to an activating group) is 1. The lowest BCUT2D eigenvalue weighted by Crippen LogP contribution is -2.37. The fourth-order valence-corrected chi connectivity index (χ4v) is 10.2. The van der Waals surface area contributed by atoms with Crippen LogP contribution in [0.4, 0.5) is 0 Å². The maximum atomic E-state index is 12.9. The second-order valence-electron chi connectivity index (χ2n) is 24.9. The summed E-state index contributed by atoms with van der Waals surface area (Å²) in [5, 5.41) is 0. The molecule has 512 valence electrons. The first kappa shape index (κ1) is 85.6. The molecule has 0 aromatic rings. The normalized spacial score (nSPS) is 14.1. The minimum absolute atomic E-state index is 0.0403. The van der Waals surface area contributed by atoms with E-state index in [9.17, 15) is 19.0 Å². The molecule has 0 aromatic heterocycles. The van der Waals surface area contributed by atoms with E-state index >= 15 is 0 Å². The molecule has 0 saturated heterocycles. The third-order valence-electron chi connectivity index (χ3n) is 15.0. The first-order valence-corrected chi connectivity index (χ1v) is 37.7. The van der Waals surface area contributed by atoms with E-state index in [4.69, 9.17) is 18.5 Å². The number of phosphoric acid groups is 1. The molecule has 0 aromatic carbocycles. The Kier molecular flexibility index (Phi) is 65.6. The third kappa shape index (κ3) is 72.7. The van der Waals surface area contributed by atoms with Gasteiger partial charge in [-0.05, 0) is 128 Å². The number of ether oxygens (including phenoxy) is 2. The largest absolute Gasteiger partial charge is 0.756 e. The number of unbranched alkanes of at least 4 members (excludes halogenated alkanes) is 25. The van der Waals surface area contributed by atoms with Gasteiger partial charge >= 0.3 is 11.9 Å². The molecule has 0 heterocycles. The van der Waals surface area contributed by atoms with Crippen molar-refractivity contribution >= 4 is 19.8 Å². The fraction of sp³-hybridized carbons (Fsp3) is 0.650. The summed E-state index contributed by atoms with van der Waals surface area (Å²) < 4.78 is 34.3. The van der Waals surface area contributed by atoms with Crippen molar-refractivity contribution in [3.8, 4) is 0 Å². The highest BCUT2D eigenvalue weighted by Crippen LogP contribution is 2.38. The molecule has 0 N–H and O–H groups in total. The Bertz CT molecular complexity index is 2080. The van der Waals surface area contributed by atoms with E-state index in [0.29, 0.717) is 17.4 Å². The van der Waals surface area contributed by atoms with Gasteiger partial charge in [0.2, 0.25) is 0 Å². The highest BCUT2D eigenvalue weighted by Gasteiger charge is 2.22. The van der Waals surface area contributed by atoms with Crippen molar-refractivity contribution in [3.05, 3.63) is 158 Å². The average Bonchev–Trinajstić information content (AvgIpc) is 3.62. The van der Waals surface area contributed by atoms with Crippen LogP contribution in [0.2, 0.25) is 0 Å². The smallest absolute Gasteiger partial charge is 0.306 e. The van der Waals surface area contributed by atoms with Crippen molar-refractivity contribution in [2.75, 3.05) is 47.5 Å². The van der Waals surface area contributed by atoms with Crippen molar-refractivity contribution in [1.29, 1.82) is 0 Å². The summed E-state index contributed by atoms with van der Waals surface area (Å²) in [6, 6.07) is 0. The van der Waals surface area contributed by atoms with Crippen molar-refractivity contribution in [3.63, 3.8) is 0 Å². The number of allylic oxidation sites excluding steroid dienone is 26. The van der Waals surface area contributed by atoms with Gasteiger partial charge in [-0.3, -0.25) is 14.2 Å². The van der Waals surface area contributed by atoms with E-state index in [-0.39, 0.29) is 32.0 Å². The molecule has 0 aliphatic carbocycles. The second-order valence-corrected chi connectivity index (χ2v) is 26.3. The van der Waals surface area contributed by atoms with Gasteiger partial charge in [0.25, 0.3) is 7.82 Å². The number of phosphoric ester groups is 1. The molecule has 9 nitrogen and oxygen atoms in total. The van der Waals surface area contributed by atoms with Gasteiger partial charge in [0.05, 0.1) is 27.7 Å². The van der Waals surface area contributed by atoms with E-state index in [1.807, 2.05) is 21.1 Å². The van der Waals surface area contributed by atoms with Crippen LogP contribution >= 0.6 is 7.82 Å². The molecule has 0 radical (unpaired) electrons. The summed E-state index contributed by atoms with van der Waals surface area (Å²) >= 11 is 0. The zero-order valence-electron chi connectivity index (χ0n) is 58.3. The summed E-state index contributed by atoms with van der Waals surface area (Å²) in [5.74, 6) is -0.851. The number of quaternary nitrogens is 1. The lowest BCUT2D eigenvalue weighted by atomic mass is 10.0. The minimum Gasteiger partial charge on any atom is -0.756 e. The third-order valence-corrected chi connectivity index (χ3v) is 16.0. The van der Waals surface area contributed by atoms with Gasteiger partial charge in [0.15, 0.2) is 6.10 Å². The SMILES string of the molecule is CC/C=C\C/C=C\C/C=C\C/C=C\C/C=C\C/C=C\C/C=C\C/C=C\C/C=C\C/C=C\C/C=C\CCCCCCCCCC(=O)OC(COC(=O)CCCCCCCCCCCCCCC/C=C\C/C=C\CCCCCCC)COP(=O)([O-])OCC[N+](C)(C)C. The Morgan fingerprint density at radius 3 is 0.944 bits per heavy atom. The summed E-state index contributed by atoms with van der Waals surface area (Å²) in [6.07, 6.45) is 103. The van der Waals surface area contributed by atoms with E-state index in [1.165, 1.54) is 122 Å². The van der Waals surface area contributed by atoms with Crippen LogP contribution in [0.1, 0.15) is 284 Å². The van der Waals surface area contributed by atoms with E-state index in [1.54, 1.807) is 0 Å². The van der Waals surface area contributed by atoms with Gasteiger partial charge in [-0.15, -0.1) is 0 Å². The molecule has 0 spiro atoms. The summed E-state index contributed by atoms with van der Waals surface area (Å²) in [4.78, 5) is 38.1. The van der Waals surface area contributed by atoms with Crippen LogP contribution in [-0.4, -0.2) is 70.0 Å². The lowest BCUT2D eigenvalue weighted by Gasteiger charge is -2.28. The van der Waals surface area contributed by atoms with Gasteiger partial charge in [0, 0.05) is 12.8 Å². The molecular weight excluding hydrogens is 1130 g/mol. The molecule has 90 heavy (non-hydrogen) atoms. The maximum absolute atomic E-state index is 12.9. The van der Waals surface area contributed by atoms with Gasteiger partial charge in [-0.1, -0.05) is 300 Å². The number of esters is 2. The van der Waals surface area contributed by atoms with E-state index in [0.717, 1.165) is 128 Å². The number of hydrogen-bond donors (Lipinski definition) is 0.